The van der Waals surface area contributed by atoms with Crippen molar-refractivity contribution in [2.24, 2.45) is 0 Å². The van der Waals surface area contributed by atoms with Crippen LogP contribution in [-0.4, -0.2) is 9.55 Å². The predicted molar refractivity (Wildman–Crippen MR) is 68.3 cm³/mol. The fourth-order valence-corrected chi connectivity index (χ4v) is 2.30. The second-order valence-electron chi connectivity index (χ2n) is 4.70. The molecule has 3 heteroatoms. The van der Waals surface area contributed by atoms with E-state index < -0.39 is 0 Å². The van der Waals surface area contributed by atoms with Gasteiger partial charge < -0.3 is 4.57 Å². The van der Waals surface area contributed by atoms with Crippen molar-refractivity contribution in [3.8, 4) is 0 Å². The van der Waals surface area contributed by atoms with Crippen LogP contribution in [0.15, 0.2) is 29.1 Å². The summed E-state index contributed by atoms with van der Waals surface area (Å²) in [5.41, 5.74) is 2.77. The smallest absolute Gasteiger partial charge is 0.272 e. The van der Waals surface area contributed by atoms with Gasteiger partial charge in [-0.25, -0.2) is 4.98 Å². The van der Waals surface area contributed by atoms with Crippen LogP contribution in [0.25, 0.3) is 11.0 Å². The van der Waals surface area contributed by atoms with Crippen molar-refractivity contribution in [1.82, 2.24) is 9.55 Å². The lowest BCUT2D eigenvalue weighted by Crippen LogP contribution is -2.25. The Morgan fingerprint density at radius 3 is 2.82 bits per heavy atom. The fourth-order valence-electron chi connectivity index (χ4n) is 2.30. The van der Waals surface area contributed by atoms with E-state index in [4.69, 9.17) is 0 Å². The highest BCUT2D eigenvalue weighted by Crippen LogP contribution is 2.35. The third-order valence-electron chi connectivity index (χ3n) is 3.26. The Labute approximate surface area is 100 Å². The van der Waals surface area contributed by atoms with Crippen LogP contribution in [-0.2, 0) is 6.42 Å². The van der Waals surface area contributed by atoms with Crippen molar-refractivity contribution >= 4 is 11.0 Å². The fraction of sp³-hybridized carbons (Fsp3) is 0.429. The van der Waals surface area contributed by atoms with Crippen molar-refractivity contribution in [3.05, 3.63) is 40.3 Å². The minimum atomic E-state index is 0.119. The average molecular weight is 228 g/mol. The third kappa shape index (κ3) is 1.75. The van der Waals surface area contributed by atoms with E-state index in [1.54, 1.807) is 0 Å². The molecule has 0 N–H and O–H groups in total. The van der Waals surface area contributed by atoms with E-state index in [9.17, 15) is 4.79 Å². The van der Waals surface area contributed by atoms with Gasteiger partial charge in [-0.1, -0.05) is 25.5 Å². The summed E-state index contributed by atoms with van der Waals surface area (Å²) in [5, 5.41) is 0. The molecule has 0 atom stereocenters. The Bertz CT molecular complexity index is 611. The minimum absolute atomic E-state index is 0.119. The van der Waals surface area contributed by atoms with Crippen LogP contribution in [0, 0.1) is 0 Å². The largest absolute Gasteiger partial charge is 0.302 e. The van der Waals surface area contributed by atoms with E-state index >= 15 is 0 Å². The lowest BCUT2D eigenvalue weighted by atomic mass is 10.2. The summed E-state index contributed by atoms with van der Waals surface area (Å²) in [6.45, 7) is 2.08. The molecule has 3 nitrogen and oxygen atoms in total. The van der Waals surface area contributed by atoms with Crippen LogP contribution in [0.5, 0.6) is 0 Å². The Kier molecular flexibility index (Phi) is 2.46. The summed E-state index contributed by atoms with van der Waals surface area (Å²) in [6.07, 6.45) is 3.99. The molecule has 0 radical (unpaired) electrons. The van der Waals surface area contributed by atoms with Gasteiger partial charge in [0.15, 0.2) is 0 Å². The molecule has 1 heterocycles. The Hall–Kier alpha value is -1.64. The van der Waals surface area contributed by atoms with Crippen molar-refractivity contribution in [2.75, 3.05) is 0 Å². The summed E-state index contributed by atoms with van der Waals surface area (Å²) >= 11 is 0. The molecule has 3 rings (SSSR count). The molecule has 0 bridgehead atoms. The Balaban J connectivity index is 2.31. The SMILES string of the molecule is CCCc1nc2ccccc2n(C2CC2)c1=O. The van der Waals surface area contributed by atoms with E-state index in [0.717, 1.165) is 42.4 Å². The van der Waals surface area contributed by atoms with Crippen LogP contribution in [0.3, 0.4) is 0 Å². The lowest BCUT2D eigenvalue weighted by Gasteiger charge is -2.10. The van der Waals surface area contributed by atoms with Crippen molar-refractivity contribution in [2.45, 2.75) is 38.6 Å². The molecule has 0 amide bonds. The topological polar surface area (TPSA) is 34.9 Å². The van der Waals surface area contributed by atoms with Crippen LogP contribution >= 0.6 is 0 Å². The van der Waals surface area contributed by atoms with Gasteiger partial charge in [-0.05, 0) is 31.4 Å². The molecule has 1 aliphatic rings. The van der Waals surface area contributed by atoms with E-state index in [-0.39, 0.29) is 5.56 Å². The highest BCUT2D eigenvalue weighted by Gasteiger charge is 2.27. The van der Waals surface area contributed by atoms with Gasteiger partial charge in [-0.3, -0.25) is 4.79 Å². The second kappa shape index (κ2) is 3.99. The molecule has 0 saturated heterocycles. The number of benzene rings is 1. The summed E-state index contributed by atoms with van der Waals surface area (Å²) in [4.78, 5) is 16.9. The van der Waals surface area contributed by atoms with Gasteiger partial charge in [-0.15, -0.1) is 0 Å². The third-order valence-corrected chi connectivity index (χ3v) is 3.26. The van der Waals surface area contributed by atoms with Crippen molar-refractivity contribution in [3.63, 3.8) is 0 Å². The summed E-state index contributed by atoms with van der Waals surface area (Å²) in [7, 11) is 0. The van der Waals surface area contributed by atoms with Crippen molar-refractivity contribution in [1.29, 1.82) is 0 Å². The van der Waals surface area contributed by atoms with Gasteiger partial charge in [0.25, 0.3) is 5.56 Å². The number of fused-ring (bicyclic) bond motifs is 1. The maximum atomic E-state index is 12.4. The second-order valence-corrected chi connectivity index (χ2v) is 4.70. The molecule has 2 aromatic rings. The van der Waals surface area contributed by atoms with Crippen LogP contribution in [0.2, 0.25) is 0 Å². The number of hydrogen-bond acceptors (Lipinski definition) is 2. The van der Waals surface area contributed by atoms with Gasteiger partial charge in [0, 0.05) is 6.04 Å². The first-order chi connectivity index (χ1) is 8.31. The van der Waals surface area contributed by atoms with Gasteiger partial charge in [0.1, 0.15) is 5.69 Å². The summed E-state index contributed by atoms with van der Waals surface area (Å²) in [6, 6.07) is 8.35. The lowest BCUT2D eigenvalue weighted by molar-refractivity contribution is 0.709. The summed E-state index contributed by atoms with van der Waals surface area (Å²) in [5.74, 6) is 0. The maximum absolute atomic E-state index is 12.4. The highest BCUT2D eigenvalue weighted by atomic mass is 16.1. The number of nitrogens with zero attached hydrogens (tertiary/aromatic N) is 2. The minimum Gasteiger partial charge on any atom is -0.302 e. The normalized spacial score (nSPS) is 15.4. The molecular weight excluding hydrogens is 212 g/mol. The van der Waals surface area contributed by atoms with Gasteiger partial charge in [0.2, 0.25) is 0 Å². The zero-order valence-electron chi connectivity index (χ0n) is 10.0. The number of aromatic nitrogens is 2. The number of hydrogen-bond donors (Lipinski definition) is 0. The van der Waals surface area contributed by atoms with Crippen LogP contribution < -0.4 is 5.56 Å². The molecule has 88 valence electrons. The first-order valence-electron chi connectivity index (χ1n) is 6.31. The van der Waals surface area contributed by atoms with E-state index in [0.29, 0.717) is 6.04 Å². The highest BCUT2D eigenvalue weighted by molar-refractivity contribution is 5.74. The molecule has 1 fully saturated rings. The van der Waals surface area contributed by atoms with E-state index in [2.05, 4.69) is 11.9 Å². The van der Waals surface area contributed by atoms with E-state index in [1.165, 1.54) is 0 Å². The molecule has 1 saturated carbocycles. The standard InChI is InChI=1S/C14H16N2O/c1-2-5-12-14(17)16(10-8-9-10)13-7-4-3-6-11(13)15-12/h3-4,6-7,10H,2,5,8-9H2,1H3. The molecule has 1 aliphatic carbocycles. The first-order valence-corrected chi connectivity index (χ1v) is 6.31. The molecule has 1 aromatic heterocycles. The monoisotopic (exact) mass is 228 g/mol. The first kappa shape index (κ1) is 10.5. The van der Waals surface area contributed by atoms with Crippen LogP contribution in [0.4, 0.5) is 0 Å². The van der Waals surface area contributed by atoms with Crippen LogP contribution in [0.1, 0.15) is 37.9 Å². The Morgan fingerprint density at radius 2 is 2.12 bits per heavy atom. The molecular formula is C14H16N2O. The zero-order valence-corrected chi connectivity index (χ0v) is 10.0. The number of para-hydroxylation sites is 2. The van der Waals surface area contributed by atoms with Gasteiger partial charge in [0.05, 0.1) is 11.0 Å². The van der Waals surface area contributed by atoms with Gasteiger partial charge in [-0.2, -0.15) is 0 Å². The quantitative estimate of drug-likeness (QED) is 0.809. The molecule has 0 unspecified atom stereocenters. The summed E-state index contributed by atoms with van der Waals surface area (Å²) < 4.78 is 1.95. The zero-order chi connectivity index (χ0) is 11.8. The number of rotatable bonds is 3. The molecule has 17 heavy (non-hydrogen) atoms. The van der Waals surface area contributed by atoms with Gasteiger partial charge >= 0.3 is 0 Å². The molecule has 0 aliphatic heterocycles. The molecule has 0 spiro atoms. The predicted octanol–water partition coefficient (Wildman–Crippen LogP) is 2.68. The van der Waals surface area contributed by atoms with Crippen molar-refractivity contribution < 1.29 is 0 Å². The average Bonchev–Trinajstić information content (AvgIpc) is 3.15. The molecule has 1 aromatic carbocycles. The Morgan fingerprint density at radius 1 is 1.35 bits per heavy atom. The maximum Gasteiger partial charge on any atom is 0.272 e. The van der Waals surface area contributed by atoms with E-state index in [1.807, 2.05) is 28.8 Å². The number of aryl methyl sites for hydroxylation is 1.